The Morgan fingerprint density at radius 1 is 1.12 bits per heavy atom. The second kappa shape index (κ2) is 9.49. The summed E-state index contributed by atoms with van der Waals surface area (Å²) in [6.45, 7) is 1.28. The lowest BCUT2D eigenvalue weighted by Crippen LogP contribution is -2.17. The van der Waals surface area contributed by atoms with E-state index in [9.17, 15) is 5.11 Å². The van der Waals surface area contributed by atoms with Crippen LogP contribution in [0.1, 0.15) is 11.1 Å². The molecule has 0 bridgehead atoms. The first-order chi connectivity index (χ1) is 12.1. The van der Waals surface area contributed by atoms with Crippen molar-refractivity contribution in [3.05, 3.63) is 65.7 Å². The molecule has 25 heavy (non-hydrogen) atoms. The summed E-state index contributed by atoms with van der Waals surface area (Å²) >= 11 is 0. The number of ether oxygens (including phenoxy) is 1. The number of aromatic hydroxyl groups is 1. The molecule has 0 saturated carbocycles. The molecule has 1 N–H and O–H groups in total. The van der Waals surface area contributed by atoms with Crippen molar-refractivity contribution in [2.75, 3.05) is 34.4 Å². The molecule has 0 heterocycles. The van der Waals surface area contributed by atoms with Gasteiger partial charge in [-0.2, -0.15) is 0 Å². The first kappa shape index (κ1) is 18.5. The average molecular weight is 340 g/mol. The lowest BCUT2D eigenvalue weighted by molar-refractivity contribution is 0.126. The van der Waals surface area contributed by atoms with Crippen LogP contribution in [0.25, 0.3) is 6.08 Å². The van der Waals surface area contributed by atoms with Crippen molar-refractivity contribution in [1.29, 1.82) is 0 Å². The molecule has 5 heteroatoms. The smallest absolute Gasteiger partial charge is 0.129 e. The molecule has 5 nitrogen and oxygen atoms in total. The van der Waals surface area contributed by atoms with Crippen molar-refractivity contribution >= 4 is 11.8 Å². The highest BCUT2D eigenvalue weighted by atomic mass is 16.6. The summed E-state index contributed by atoms with van der Waals surface area (Å²) in [4.78, 5) is 7.50. The third-order valence-electron chi connectivity index (χ3n) is 3.50. The number of phenolic OH excluding ortho intramolecular Hbond substituents is 1. The highest BCUT2D eigenvalue weighted by Crippen LogP contribution is 2.20. The van der Waals surface area contributed by atoms with Gasteiger partial charge in [0.1, 0.15) is 23.8 Å². The van der Waals surface area contributed by atoms with Gasteiger partial charge >= 0.3 is 0 Å². The van der Waals surface area contributed by atoms with Gasteiger partial charge in [-0.25, -0.2) is 0 Å². The second-order valence-corrected chi connectivity index (χ2v) is 5.74. The van der Waals surface area contributed by atoms with Crippen molar-refractivity contribution in [1.82, 2.24) is 4.90 Å². The van der Waals surface area contributed by atoms with Crippen LogP contribution in [0.5, 0.6) is 11.5 Å². The topological polar surface area (TPSA) is 54.3 Å². The van der Waals surface area contributed by atoms with Gasteiger partial charge in [-0.3, -0.25) is 0 Å². The van der Waals surface area contributed by atoms with Gasteiger partial charge < -0.3 is 19.6 Å². The van der Waals surface area contributed by atoms with Crippen LogP contribution in [-0.4, -0.2) is 50.1 Å². The normalized spacial score (nSPS) is 11.9. The van der Waals surface area contributed by atoms with Crippen LogP contribution < -0.4 is 4.74 Å². The predicted molar refractivity (Wildman–Crippen MR) is 101 cm³/mol. The lowest BCUT2D eigenvalue weighted by Gasteiger charge is -2.10. The predicted octanol–water partition coefficient (Wildman–Crippen LogP) is 3.40. The molecule has 0 fully saturated rings. The molecule has 0 aromatic heterocycles. The van der Waals surface area contributed by atoms with E-state index < -0.39 is 0 Å². The van der Waals surface area contributed by atoms with Gasteiger partial charge in [0.2, 0.25) is 0 Å². The highest BCUT2D eigenvalue weighted by molar-refractivity contribution is 6.12. The molecule has 132 valence electrons. The Morgan fingerprint density at radius 2 is 1.84 bits per heavy atom. The Bertz CT molecular complexity index is 722. The number of hydrogen-bond acceptors (Lipinski definition) is 5. The number of likely N-dealkylation sites (N-methyl/N-ethyl adjacent to an activating group) is 1. The largest absolute Gasteiger partial charge is 0.508 e. The van der Waals surface area contributed by atoms with Crippen molar-refractivity contribution in [2.45, 2.75) is 0 Å². The van der Waals surface area contributed by atoms with Gasteiger partial charge in [0.05, 0.1) is 7.11 Å². The molecule has 2 aromatic rings. The molecule has 0 radical (unpaired) electrons. The third-order valence-corrected chi connectivity index (χ3v) is 3.50. The molecule has 2 aromatic carbocycles. The number of para-hydroxylation sites is 1. The Kier molecular flexibility index (Phi) is 7.04. The minimum atomic E-state index is 0.239. The molecule has 0 aliphatic carbocycles. The molecular weight excluding hydrogens is 316 g/mol. The fourth-order valence-electron chi connectivity index (χ4n) is 2.12. The minimum absolute atomic E-state index is 0.239. The van der Waals surface area contributed by atoms with Crippen LogP contribution in [-0.2, 0) is 4.84 Å². The second-order valence-electron chi connectivity index (χ2n) is 5.74. The monoisotopic (exact) mass is 340 g/mol. The fourth-order valence-corrected chi connectivity index (χ4v) is 2.12. The number of allylic oxidation sites excluding steroid dienone is 1. The average Bonchev–Trinajstić information content (AvgIpc) is 2.62. The Labute approximate surface area is 148 Å². The summed E-state index contributed by atoms with van der Waals surface area (Å²) in [5, 5.41) is 13.7. The standard InChI is InChI=1S/C20H24N2O3/c1-22(2)14-15-25-21-19(18-6-4-5-7-20(18)24-3)13-10-16-8-11-17(23)12-9-16/h4-13,23H,14-15H2,1-3H3/b13-10+,21-19-. The molecule has 0 amide bonds. The number of rotatable bonds is 8. The maximum absolute atomic E-state index is 9.38. The zero-order valence-electron chi connectivity index (χ0n) is 14.8. The lowest BCUT2D eigenvalue weighted by atomic mass is 10.1. The third kappa shape index (κ3) is 5.97. The van der Waals surface area contributed by atoms with Gasteiger partial charge in [-0.1, -0.05) is 35.5 Å². The van der Waals surface area contributed by atoms with Crippen molar-refractivity contribution in [3.8, 4) is 11.5 Å². The molecule has 0 saturated heterocycles. The Balaban J connectivity index is 2.25. The van der Waals surface area contributed by atoms with Crippen LogP contribution in [0.15, 0.2) is 59.8 Å². The molecule has 0 aliphatic heterocycles. The Hall–Kier alpha value is -2.79. The number of methoxy groups -OCH3 is 1. The van der Waals surface area contributed by atoms with Gasteiger partial charge in [-0.15, -0.1) is 0 Å². The summed E-state index contributed by atoms with van der Waals surface area (Å²) in [7, 11) is 5.60. The Morgan fingerprint density at radius 3 is 2.52 bits per heavy atom. The summed E-state index contributed by atoms with van der Waals surface area (Å²) in [6, 6.07) is 14.6. The minimum Gasteiger partial charge on any atom is -0.508 e. The van der Waals surface area contributed by atoms with Crippen molar-refractivity contribution in [2.24, 2.45) is 5.16 Å². The van der Waals surface area contributed by atoms with Crippen LogP contribution in [0, 0.1) is 0 Å². The SMILES string of the molecule is COc1ccccc1C(/C=C/c1ccc(O)cc1)=N\OCCN(C)C. The quantitative estimate of drug-likeness (QED) is 0.455. The first-order valence-electron chi connectivity index (χ1n) is 8.05. The fraction of sp³-hybridized carbons (Fsp3) is 0.250. The van der Waals surface area contributed by atoms with Crippen molar-refractivity contribution in [3.63, 3.8) is 0 Å². The molecular formula is C20H24N2O3. The zero-order chi connectivity index (χ0) is 18.1. The summed E-state index contributed by atoms with van der Waals surface area (Å²) in [6.07, 6.45) is 3.79. The zero-order valence-corrected chi connectivity index (χ0v) is 14.8. The van der Waals surface area contributed by atoms with Gasteiger partial charge in [0.25, 0.3) is 0 Å². The van der Waals surface area contributed by atoms with Crippen molar-refractivity contribution < 1.29 is 14.7 Å². The number of benzene rings is 2. The van der Waals surface area contributed by atoms with E-state index in [1.54, 1.807) is 19.2 Å². The van der Waals surface area contributed by atoms with Gasteiger partial charge in [0.15, 0.2) is 0 Å². The maximum atomic E-state index is 9.38. The van der Waals surface area contributed by atoms with E-state index in [0.717, 1.165) is 23.4 Å². The van der Waals surface area contributed by atoms with Crippen LogP contribution in [0.3, 0.4) is 0 Å². The van der Waals surface area contributed by atoms with Crippen LogP contribution in [0.2, 0.25) is 0 Å². The number of oxime groups is 1. The molecule has 2 rings (SSSR count). The van der Waals surface area contributed by atoms with E-state index >= 15 is 0 Å². The van der Waals surface area contributed by atoms with Gasteiger partial charge in [-0.05, 0) is 50.0 Å². The van der Waals surface area contributed by atoms with Crippen LogP contribution in [0.4, 0.5) is 0 Å². The van der Waals surface area contributed by atoms with E-state index in [0.29, 0.717) is 12.3 Å². The maximum Gasteiger partial charge on any atom is 0.129 e. The number of hydrogen-bond donors (Lipinski definition) is 1. The molecule has 0 spiro atoms. The number of phenols is 1. The summed E-state index contributed by atoms with van der Waals surface area (Å²) in [5.41, 5.74) is 2.47. The molecule has 0 unspecified atom stereocenters. The van der Waals surface area contributed by atoms with E-state index in [1.165, 1.54) is 0 Å². The van der Waals surface area contributed by atoms with Gasteiger partial charge in [0, 0.05) is 12.1 Å². The molecule has 0 aliphatic rings. The van der Waals surface area contributed by atoms with E-state index in [1.807, 2.05) is 67.5 Å². The summed E-state index contributed by atoms with van der Waals surface area (Å²) < 4.78 is 5.43. The molecule has 0 atom stereocenters. The first-order valence-corrected chi connectivity index (χ1v) is 8.05. The highest BCUT2D eigenvalue weighted by Gasteiger charge is 2.08. The van der Waals surface area contributed by atoms with E-state index in [4.69, 9.17) is 9.57 Å². The van der Waals surface area contributed by atoms with E-state index in [-0.39, 0.29) is 5.75 Å². The summed E-state index contributed by atoms with van der Waals surface area (Å²) in [5.74, 6) is 0.968. The van der Waals surface area contributed by atoms with Crippen LogP contribution >= 0.6 is 0 Å². The number of nitrogens with zero attached hydrogens (tertiary/aromatic N) is 2. The van der Waals surface area contributed by atoms with E-state index in [2.05, 4.69) is 5.16 Å².